The molecule has 0 atom stereocenters. The van der Waals surface area contributed by atoms with Gasteiger partial charge in [-0.3, -0.25) is 0 Å². The maximum Gasteiger partial charge on any atom is 0.159 e. The first-order valence-electron chi connectivity index (χ1n) is 3.85. The minimum absolute atomic E-state index is 0.0407. The van der Waals surface area contributed by atoms with Crippen LogP contribution in [0.5, 0.6) is 5.75 Å². The van der Waals surface area contributed by atoms with E-state index in [0.29, 0.717) is 5.69 Å². The Morgan fingerprint density at radius 2 is 2.23 bits per heavy atom. The Morgan fingerprint density at radius 3 is 2.69 bits per heavy atom. The molecule has 0 aliphatic rings. The van der Waals surface area contributed by atoms with Gasteiger partial charge in [0.1, 0.15) is 11.8 Å². The van der Waals surface area contributed by atoms with Gasteiger partial charge < -0.3 is 5.11 Å². The van der Waals surface area contributed by atoms with Crippen molar-refractivity contribution in [3.63, 3.8) is 0 Å². The van der Waals surface area contributed by atoms with Gasteiger partial charge in [0.25, 0.3) is 0 Å². The number of halogens is 1. The molecular formula is C9H9ClN2O. The van der Waals surface area contributed by atoms with Gasteiger partial charge in [-0.25, -0.2) is 4.98 Å². The summed E-state index contributed by atoms with van der Waals surface area (Å²) in [6, 6.07) is 3.21. The molecule has 0 unspecified atom stereocenters. The number of nitrogens with zero attached hydrogens (tertiary/aromatic N) is 2. The lowest BCUT2D eigenvalue weighted by molar-refractivity contribution is 0.460. The molecule has 1 N–H and O–H groups in total. The van der Waals surface area contributed by atoms with E-state index in [1.54, 1.807) is 0 Å². The summed E-state index contributed by atoms with van der Waals surface area (Å²) in [5.74, 6) is 0.114. The molecule has 3 nitrogen and oxygen atoms in total. The summed E-state index contributed by atoms with van der Waals surface area (Å²) in [7, 11) is 0. The van der Waals surface area contributed by atoms with Crippen LogP contribution >= 0.6 is 11.6 Å². The molecular weight excluding hydrogens is 188 g/mol. The van der Waals surface area contributed by atoms with Crippen LogP contribution < -0.4 is 0 Å². The van der Waals surface area contributed by atoms with E-state index in [-0.39, 0.29) is 22.4 Å². The molecule has 0 radical (unpaired) electrons. The van der Waals surface area contributed by atoms with E-state index >= 15 is 0 Å². The van der Waals surface area contributed by atoms with Gasteiger partial charge in [0, 0.05) is 6.07 Å². The number of aromatic nitrogens is 1. The van der Waals surface area contributed by atoms with Gasteiger partial charge >= 0.3 is 0 Å². The Hall–Kier alpha value is -1.27. The van der Waals surface area contributed by atoms with Gasteiger partial charge in [-0.05, 0) is 5.92 Å². The molecule has 0 amide bonds. The van der Waals surface area contributed by atoms with Crippen LogP contribution in [0.25, 0.3) is 0 Å². The van der Waals surface area contributed by atoms with Crippen LogP contribution in [0.15, 0.2) is 6.07 Å². The summed E-state index contributed by atoms with van der Waals surface area (Å²) >= 11 is 5.66. The summed E-state index contributed by atoms with van der Waals surface area (Å²) in [5.41, 5.74) is 0.657. The number of pyridine rings is 1. The average molecular weight is 197 g/mol. The van der Waals surface area contributed by atoms with Gasteiger partial charge in [0.2, 0.25) is 0 Å². The van der Waals surface area contributed by atoms with Gasteiger partial charge in [0.05, 0.1) is 10.7 Å². The highest BCUT2D eigenvalue weighted by atomic mass is 35.5. The lowest BCUT2D eigenvalue weighted by Crippen LogP contribution is -1.96. The van der Waals surface area contributed by atoms with E-state index in [1.165, 1.54) is 6.07 Å². The Bertz CT molecular complexity index is 369. The highest BCUT2D eigenvalue weighted by Crippen LogP contribution is 2.27. The molecule has 0 saturated heterocycles. The van der Waals surface area contributed by atoms with E-state index in [0.717, 1.165) is 0 Å². The van der Waals surface area contributed by atoms with Crippen LogP contribution in [0.4, 0.5) is 0 Å². The number of aromatic hydroxyl groups is 1. The second kappa shape index (κ2) is 3.63. The molecule has 0 fully saturated rings. The molecule has 1 rings (SSSR count). The summed E-state index contributed by atoms with van der Waals surface area (Å²) in [6.07, 6.45) is 0. The zero-order chi connectivity index (χ0) is 10.0. The van der Waals surface area contributed by atoms with Crippen molar-refractivity contribution in [1.29, 1.82) is 5.26 Å². The fourth-order valence-electron chi connectivity index (χ4n) is 0.997. The minimum Gasteiger partial charge on any atom is -0.506 e. The predicted octanol–water partition coefficient (Wildman–Crippen LogP) is 2.44. The average Bonchev–Trinajstić information content (AvgIpc) is 2.03. The number of hydrogen-bond acceptors (Lipinski definition) is 3. The van der Waals surface area contributed by atoms with Crippen LogP contribution in [0.3, 0.4) is 0 Å². The van der Waals surface area contributed by atoms with Crippen molar-refractivity contribution in [2.75, 3.05) is 0 Å². The van der Waals surface area contributed by atoms with Crippen molar-refractivity contribution in [1.82, 2.24) is 4.98 Å². The third-order valence-electron chi connectivity index (χ3n) is 1.64. The lowest BCUT2D eigenvalue weighted by atomic mass is 10.1. The summed E-state index contributed by atoms with van der Waals surface area (Å²) in [4.78, 5) is 3.95. The SMILES string of the molecule is CC(C)c1nc(C#N)c(Cl)cc1O. The topological polar surface area (TPSA) is 56.9 Å². The first-order chi connectivity index (χ1) is 6.06. The largest absolute Gasteiger partial charge is 0.506 e. The summed E-state index contributed by atoms with van der Waals surface area (Å²) < 4.78 is 0. The zero-order valence-electron chi connectivity index (χ0n) is 7.37. The van der Waals surface area contributed by atoms with Crippen LogP contribution in [0.2, 0.25) is 5.02 Å². The predicted molar refractivity (Wildman–Crippen MR) is 49.7 cm³/mol. The standard InChI is InChI=1S/C9H9ClN2O/c1-5(2)9-8(13)3-6(10)7(4-11)12-9/h3,5,13H,1-2H3. The van der Waals surface area contributed by atoms with Crippen molar-refractivity contribution in [2.45, 2.75) is 19.8 Å². The van der Waals surface area contributed by atoms with E-state index < -0.39 is 0 Å². The van der Waals surface area contributed by atoms with Crippen molar-refractivity contribution in [3.8, 4) is 11.8 Å². The Kier molecular flexibility index (Phi) is 2.74. The Balaban J connectivity index is 3.33. The van der Waals surface area contributed by atoms with Gasteiger partial charge in [-0.15, -0.1) is 0 Å². The van der Waals surface area contributed by atoms with Crippen molar-refractivity contribution in [2.24, 2.45) is 0 Å². The molecule has 13 heavy (non-hydrogen) atoms. The molecule has 68 valence electrons. The van der Waals surface area contributed by atoms with Gasteiger partial charge in [0.15, 0.2) is 5.69 Å². The first-order valence-corrected chi connectivity index (χ1v) is 4.23. The zero-order valence-corrected chi connectivity index (χ0v) is 8.13. The van der Waals surface area contributed by atoms with Crippen molar-refractivity contribution >= 4 is 11.6 Å². The monoisotopic (exact) mass is 196 g/mol. The van der Waals surface area contributed by atoms with Crippen LogP contribution in [0.1, 0.15) is 31.2 Å². The van der Waals surface area contributed by atoms with Crippen molar-refractivity contribution in [3.05, 3.63) is 22.5 Å². The van der Waals surface area contributed by atoms with Gasteiger partial charge in [-0.2, -0.15) is 5.26 Å². The summed E-state index contributed by atoms with van der Waals surface area (Å²) in [5, 5.41) is 18.2. The molecule has 0 spiro atoms. The molecule has 0 bridgehead atoms. The highest BCUT2D eigenvalue weighted by molar-refractivity contribution is 6.31. The molecule has 4 heteroatoms. The maximum absolute atomic E-state index is 9.43. The quantitative estimate of drug-likeness (QED) is 0.751. The minimum atomic E-state index is 0.0407. The molecule has 0 aromatic carbocycles. The van der Waals surface area contributed by atoms with Crippen LogP contribution in [-0.2, 0) is 0 Å². The molecule has 0 aliphatic carbocycles. The Morgan fingerprint density at radius 1 is 1.62 bits per heavy atom. The number of rotatable bonds is 1. The molecule has 1 aromatic rings. The van der Waals surface area contributed by atoms with E-state index in [9.17, 15) is 5.11 Å². The lowest BCUT2D eigenvalue weighted by Gasteiger charge is -2.07. The Labute approximate surface area is 81.6 Å². The smallest absolute Gasteiger partial charge is 0.159 e. The fourth-order valence-corrected chi connectivity index (χ4v) is 1.18. The maximum atomic E-state index is 9.43. The second-order valence-corrected chi connectivity index (χ2v) is 3.40. The third kappa shape index (κ3) is 1.90. The normalized spacial score (nSPS) is 10.1. The van der Waals surface area contributed by atoms with E-state index in [2.05, 4.69) is 4.98 Å². The highest BCUT2D eigenvalue weighted by Gasteiger charge is 2.11. The third-order valence-corrected chi connectivity index (χ3v) is 1.93. The van der Waals surface area contributed by atoms with Crippen molar-refractivity contribution < 1.29 is 5.11 Å². The van der Waals surface area contributed by atoms with Crippen LogP contribution in [-0.4, -0.2) is 10.1 Å². The number of nitriles is 1. The van der Waals surface area contributed by atoms with Gasteiger partial charge in [-0.1, -0.05) is 25.4 Å². The fraction of sp³-hybridized carbons (Fsp3) is 0.333. The molecule has 0 saturated carbocycles. The molecule has 1 aromatic heterocycles. The van der Waals surface area contributed by atoms with E-state index in [1.807, 2.05) is 19.9 Å². The number of hydrogen-bond donors (Lipinski definition) is 1. The molecule has 1 heterocycles. The van der Waals surface area contributed by atoms with Crippen LogP contribution in [0, 0.1) is 11.3 Å². The second-order valence-electron chi connectivity index (χ2n) is 2.99. The first kappa shape index (κ1) is 9.82. The molecule has 0 aliphatic heterocycles. The summed E-state index contributed by atoms with van der Waals surface area (Å²) in [6.45, 7) is 3.77. The van der Waals surface area contributed by atoms with E-state index in [4.69, 9.17) is 16.9 Å².